The summed E-state index contributed by atoms with van der Waals surface area (Å²) in [4.78, 5) is 4.38. The van der Waals surface area contributed by atoms with Crippen LogP contribution in [0.25, 0.3) is 0 Å². The number of hydrogen-bond acceptors (Lipinski definition) is 3. The van der Waals surface area contributed by atoms with E-state index in [4.69, 9.17) is 4.74 Å². The van der Waals surface area contributed by atoms with E-state index in [0.29, 0.717) is 18.4 Å². The van der Waals surface area contributed by atoms with Gasteiger partial charge in [0.25, 0.3) is 0 Å². The number of pyridine rings is 1. The molecule has 0 fully saturated rings. The summed E-state index contributed by atoms with van der Waals surface area (Å²) in [6.07, 6.45) is 0. The van der Waals surface area contributed by atoms with Crippen LogP contribution < -0.4 is 10.1 Å². The molecule has 2 aromatic rings. The Morgan fingerprint density at radius 1 is 1.15 bits per heavy atom. The average molecular weight is 270 g/mol. The van der Waals surface area contributed by atoms with E-state index in [9.17, 15) is 0 Å². The number of ether oxygens (including phenoxy) is 1. The molecule has 2 rings (SSSR count). The van der Waals surface area contributed by atoms with Gasteiger partial charge >= 0.3 is 0 Å². The minimum absolute atomic E-state index is 0.465. The number of aromatic nitrogens is 1. The van der Waals surface area contributed by atoms with Crippen molar-refractivity contribution in [3.8, 4) is 5.88 Å². The Labute approximate surface area is 121 Å². The Balaban J connectivity index is 2.24. The Hall–Kier alpha value is -2.03. The number of rotatable bonds is 5. The van der Waals surface area contributed by atoms with E-state index in [1.54, 1.807) is 0 Å². The highest BCUT2D eigenvalue weighted by Gasteiger charge is 2.11. The molecule has 0 aliphatic heterocycles. The highest BCUT2D eigenvalue weighted by molar-refractivity contribution is 5.55. The molecule has 106 valence electrons. The van der Waals surface area contributed by atoms with E-state index in [1.165, 1.54) is 11.1 Å². The lowest BCUT2D eigenvalue weighted by Gasteiger charge is -2.17. The molecule has 1 aromatic carbocycles. The fourth-order valence-electron chi connectivity index (χ4n) is 2.29. The van der Waals surface area contributed by atoms with E-state index in [-0.39, 0.29) is 0 Å². The fourth-order valence-corrected chi connectivity index (χ4v) is 2.29. The van der Waals surface area contributed by atoms with Gasteiger partial charge in [-0.05, 0) is 30.5 Å². The number of anilines is 1. The molecule has 0 saturated heterocycles. The Bertz CT molecular complexity index is 579. The molecule has 0 atom stereocenters. The summed E-state index contributed by atoms with van der Waals surface area (Å²) in [5.74, 6) is 1.14. The SMILES string of the molecule is CNc1cccc(C(C)C)c1COc1cccc(C)n1. The zero-order valence-electron chi connectivity index (χ0n) is 12.6. The molecular weight excluding hydrogens is 248 g/mol. The highest BCUT2D eigenvalue weighted by atomic mass is 16.5. The molecular formula is C17H22N2O. The second-order valence-corrected chi connectivity index (χ2v) is 5.18. The van der Waals surface area contributed by atoms with Gasteiger partial charge in [0, 0.05) is 30.1 Å². The quantitative estimate of drug-likeness (QED) is 0.887. The lowest BCUT2D eigenvalue weighted by atomic mass is 9.96. The van der Waals surface area contributed by atoms with Crippen molar-refractivity contribution in [2.75, 3.05) is 12.4 Å². The molecule has 0 aliphatic carbocycles. The van der Waals surface area contributed by atoms with Crippen LogP contribution >= 0.6 is 0 Å². The first kappa shape index (κ1) is 14.4. The van der Waals surface area contributed by atoms with Crippen LogP contribution in [-0.4, -0.2) is 12.0 Å². The summed E-state index contributed by atoms with van der Waals surface area (Å²) in [5, 5.41) is 3.24. The standard InChI is InChI=1S/C17H22N2O/c1-12(2)14-8-6-9-16(18-4)15(14)11-20-17-10-5-7-13(3)19-17/h5-10,12,18H,11H2,1-4H3. The lowest BCUT2D eigenvalue weighted by Crippen LogP contribution is -2.06. The van der Waals surface area contributed by atoms with Crippen molar-refractivity contribution in [2.24, 2.45) is 0 Å². The summed E-state index contributed by atoms with van der Waals surface area (Å²) in [6, 6.07) is 12.1. The number of aryl methyl sites for hydroxylation is 1. The van der Waals surface area contributed by atoms with Gasteiger partial charge in [-0.25, -0.2) is 4.98 Å². The zero-order valence-corrected chi connectivity index (χ0v) is 12.6. The number of nitrogens with zero attached hydrogens (tertiary/aromatic N) is 1. The minimum atomic E-state index is 0.465. The van der Waals surface area contributed by atoms with Gasteiger partial charge in [0.2, 0.25) is 5.88 Å². The van der Waals surface area contributed by atoms with Crippen molar-refractivity contribution >= 4 is 5.69 Å². The first-order chi connectivity index (χ1) is 9.61. The van der Waals surface area contributed by atoms with Crippen LogP contribution in [0.1, 0.15) is 36.6 Å². The van der Waals surface area contributed by atoms with E-state index in [2.05, 4.69) is 42.3 Å². The molecule has 0 spiro atoms. The van der Waals surface area contributed by atoms with E-state index in [0.717, 1.165) is 11.4 Å². The molecule has 1 N–H and O–H groups in total. The Morgan fingerprint density at radius 3 is 2.55 bits per heavy atom. The van der Waals surface area contributed by atoms with Crippen LogP contribution in [-0.2, 0) is 6.61 Å². The molecule has 0 unspecified atom stereocenters. The molecule has 0 aliphatic rings. The van der Waals surface area contributed by atoms with Crippen molar-refractivity contribution in [1.29, 1.82) is 0 Å². The summed E-state index contributed by atoms with van der Waals surface area (Å²) < 4.78 is 5.86. The van der Waals surface area contributed by atoms with Crippen LogP contribution in [0.4, 0.5) is 5.69 Å². The van der Waals surface area contributed by atoms with Gasteiger partial charge in [0.1, 0.15) is 6.61 Å². The second kappa shape index (κ2) is 6.42. The van der Waals surface area contributed by atoms with Gasteiger partial charge in [-0.3, -0.25) is 0 Å². The molecule has 0 bridgehead atoms. The van der Waals surface area contributed by atoms with Gasteiger partial charge in [-0.15, -0.1) is 0 Å². The van der Waals surface area contributed by atoms with Crippen LogP contribution in [0.5, 0.6) is 5.88 Å². The second-order valence-electron chi connectivity index (χ2n) is 5.18. The van der Waals surface area contributed by atoms with Crippen molar-refractivity contribution in [1.82, 2.24) is 4.98 Å². The number of hydrogen-bond donors (Lipinski definition) is 1. The van der Waals surface area contributed by atoms with Gasteiger partial charge in [0.05, 0.1) is 0 Å². The molecule has 0 radical (unpaired) electrons. The maximum absolute atomic E-state index is 5.86. The van der Waals surface area contributed by atoms with Crippen molar-refractivity contribution in [2.45, 2.75) is 33.3 Å². The molecule has 1 aromatic heterocycles. The predicted octanol–water partition coefficient (Wildman–Crippen LogP) is 4.13. The fraction of sp³-hybridized carbons (Fsp3) is 0.353. The molecule has 3 heteroatoms. The highest BCUT2D eigenvalue weighted by Crippen LogP contribution is 2.27. The maximum Gasteiger partial charge on any atom is 0.213 e. The number of nitrogens with one attached hydrogen (secondary N) is 1. The van der Waals surface area contributed by atoms with Gasteiger partial charge in [0.15, 0.2) is 0 Å². The third-order valence-electron chi connectivity index (χ3n) is 3.33. The van der Waals surface area contributed by atoms with Crippen LogP contribution in [0.3, 0.4) is 0 Å². The lowest BCUT2D eigenvalue weighted by molar-refractivity contribution is 0.292. The molecule has 0 amide bonds. The van der Waals surface area contributed by atoms with Crippen molar-refractivity contribution in [3.05, 3.63) is 53.2 Å². The summed E-state index contributed by atoms with van der Waals surface area (Å²) in [6.45, 7) is 6.89. The van der Waals surface area contributed by atoms with E-state index >= 15 is 0 Å². The third-order valence-corrected chi connectivity index (χ3v) is 3.33. The monoisotopic (exact) mass is 270 g/mol. The molecule has 0 saturated carbocycles. The van der Waals surface area contributed by atoms with Crippen molar-refractivity contribution in [3.63, 3.8) is 0 Å². The number of benzene rings is 1. The normalized spacial score (nSPS) is 10.7. The largest absolute Gasteiger partial charge is 0.473 e. The first-order valence-corrected chi connectivity index (χ1v) is 6.97. The minimum Gasteiger partial charge on any atom is -0.473 e. The van der Waals surface area contributed by atoms with Crippen LogP contribution in [0, 0.1) is 6.92 Å². The molecule has 1 heterocycles. The Morgan fingerprint density at radius 2 is 1.90 bits per heavy atom. The summed E-state index contributed by atoms with van der Waals surface area (Å²) >= 11 is 0. The maximum atomic E-state index is 5.86. The Kier molecular flexibility index (Phi) is 4.61. The topological polar surface area (TPSA) is 34.1 Å². The third kappa shape index (κ3) is 3.29. The van der Waals surface area contributed by atoms with Gasteiger partial charge in [-0.1, -0.05) is 32.0 Å². The van der Waals surface area contributed by atoms with Crippen molar-refractivity contribution < 1.29 is 4.74 Å². The summed E-state index contributed by atoms with van der Waals surface area (Å²) in [7, 11) is 1.94. The summed E-state index contributed by atoms with van der Waals surface area (Å²) in [5.41, 5.74) is 4.59. The average Bonchev–Trinajstić information content (AvgIpc) is 2.44. The van der Waals surface area contributed by atoms with E-state index in [1.807, 2.05) is 32.2 Å². The van der Waals surface area contributed by atoms with E-state index < -0.39 is 0 Å². The smallest absolute Gasteiger partial charge is 0.213 e. The van der Waals surface area contributed by atoms with Crippen LogP contribution in [0.2, 0.25) is 0 Å². The molecule has 3 nitrogen and oxygen atoms in total. The predicted molar refractivity (Wildman–Crippen MR) is 83.4 cm³/mol. The zero-order chi connectivity index (χ0) is 14.5. The van der Waals surface area contributed by atoms with Gasteiger partial charge in [-0.2, -0.15) is 0 Å². The van der Waals surface area contributed by atoms with Gasteiger partial charge < -0.3 is 10.1 Å². The molecule has 20 heavy (non-hydrogen) atoms. The first-order valence-electron chi connectivity index (χ1n) is 6.97. The van der Waals surface area contributed by atoms with Crippen LogP contribution in [0.15, 0.2) is 36.4 Å².